The van der Waals surface area contributed by atoms with Crippen LogP contribution in [0.25, 0.3) is 11.3 Å². The van der Waals surface area contributed by atoms with Gasteiger partial charge in [0.15, 0.2) is 0 Å². The number of halogens is 1. The zero-order valence-corrected chi connectivity index (χ0v) is 16.8. The Bertz CT molecular complexity index is 964. The molecule has 1 fully saturated rings. The lowest BCUT2D eigenvalue weighted by Crippen LogP contribution is -2.42. The van der Waals surface area contributed by atoms with Crippen molar-refractivity contribution in [2.75, 3.05) is 0 Å². The van der Waals surface area contributed by atoms with Crippen molar-refractivity contribution < 1.29 is 14.3 Å². The Morgan fingerprint density at radius 2 is 1.83 bits per heavy atom. The first-order valence-corrected chi connectivity index (χ1v) is 10.7. The van der Waals surface area contributed by atoms with Crippen molar-refractivity contribution in [1.29, 1.82) is 0 Å². The van der Waals surface area contributed by atoms with Crippen LogP contribution in [-0.4, -0.2) is 22.0 Å². The molecule has 1 heterocycles. The second-order valence-corrected chi connectivity index (χ2v) is 8.49. The molecule has 0 aliphatic heterocycles. The summed E-state index contributed by atoms with van der Waals surface area (Å²) < 4.78 is 13.1. The van der Waals surface area contributed by atoms with Crippen molar-refractivity contribution in [2.24, 2.45) is 0 Å². The number of aliphatic hydroxyl groups is 1. The Kier molecular flexibility index (Phi) is 5.74. The number of hydrogen-bond donors (Lipinski definition) is 2. The number of rotatable bonds is 5. The molecule has 1 aliphatic carbocycles. The van der Waals surface area contributed by atoms with Gasteiger partial charge in [0.1, 0.15) is 10.8 Å². The molecule has 1 aromatic heterocycles. The molecule has 2 aromatic carbocycles. The topological polar surface area (TPSA) is 62.2 Å². The first-order chi connectivity index (χ1) is 14.0. The predicted molar refractivity (Wildman–Crippen MR) is 112 cm³/mol. The number of nitrogens with zero attached hydrogens (tertiary/aromatic N) is 1. The SMILES string of the molecule is O=C(Cc1nc(-c2ccc(F)cc2)cs1)NC1CCC(O)(c2ccccc2)CC1. The molecule has 6 heteroatoms. The average Bonchev–Trinajstić information content (AvgIpc) is 3.19. The molecular weight excluding hydrogens is 387 g/mol. The van der Waals surface area contributed by atoms with Gasteiger partial charge in [-0.2, -0.15) is 0 Å². The zero-order valence-electron chi connectivity index (χ0n) is 16.0. The maximum Gasteiger partial charge on any atom is 0.227 e. The van der Waals surface area contributed by atoms with Gasteiger partial charge >= 0.3 is 0 Å². The fourth-order valence-corrected chi connectivity index (χ4v) is 4.64. The minimum atomic E-state index is -0.804. The molecule has 0 spiro atoms. The first kappa shape index (κ1) is 19.7. The Hall–Kier alpha value is -2.57. The summed E-state index contributed by atoms with van der Waals surface area (Å²) in [6, 6.07) is 16.0. The van der Waals surface area contributed by atoms with Crippen LogP contribution < -0.4 is 5.32 Å². The van der Waals surface area contributed by atoms with Crippen LogP contribution in [0.4, 0.5) is 4.39 Å². The van der Waals surface area contributed by atoms with Crippen LogP contribution in [0.5, 0.6) is 0 Å². The van der Waals surface area contributed by atoms with E-state index in [1.165, 1.54) is 23.5 Å². The van der Waals surface area contributed by atoms with E-state index in [-0.39, 0.29) is 24.2 Å². The number of thiazole rings is 1. The third kappa shape index (κ3) is 4.71. The van der Waals surface area contributed by atoms with Gasteiger partial charge in [0.25, 0.3) is 0 Å². The highest BCUT2D eigenvalue weighted by atomic mass is 32.1. The molecule has 29 heavy (non-hydrogen) atoms. The van der Waals surface area contributed by atoms with Gasteiger partial charge in [0, 0.05) is 17.0 Å². The Morgan fingerprint density at radius 3 is 2.52 bits per heavy atom. The second kappa shape index (κ2) is 8.43. The Balaban J connectivity index is 1.30. The van der Waals surface area contributed by atoms with Crippen molar-refractivity contribution >= 4 is 17.2 Å². The summed E-state index contributed by atoms with van der Waals surface area (Å²) >= 11 is 1.43. The number of nitrogens with one attached hydrogen (secondary N) is 1. The number of carbonyl (C=O) groups excluding carboxylic acids is 1. The highest BCUT2D eigenvalue weighted by Crippen LogP contribution is 2.37. The van der Waals surface area contributed by atoms with E-state index in [9.17, 15) is 14.3 Å². The minimum absolute atomic E-state index is 0.0554. The normalized spacial score (nSPS) is 21.7. The van der Waals surface area contributed by atoms with Crippen molar-refractivity contribution in [3.05, 3.63) is 76.4 Å². The summed E-state index contributed by atoms with van der Waals surface area (Å²) in [4.78, 5) is 16.9. The van der Waals surface area contributed by atoms with Crippen LogP contribution in [0.3, 0.4) is 0 Å². The van der Waals surface area contributed by atoms with Gasteiger partial charge in [-0.05, 0) is 55.5 Å². The van der Waals surface area contributed by atoms with E-state index in [1.54, 1.807) is 12.1 Å². The van der Waals surface area contributed by atoms with E-state index in [2.05, 4.69) is 10.3 Å². The number of hydrogen-bond acceptors (Lipinski definition) is 4. The van der Waals surface area contributed by atoms with Crippen molar-refractivity contribution in [1.82, 2.24) is 10.3 Å². The first-order valence-electron chi connectivity index (χ1n) is 9.79. The summed E-state index contributed by atoms with van der Waals surface area (Å²) in [6.07, 6.45) is 2.98. The maximum absolute atomic E-state index is 13.1. The maximum atomic E-state index is 13.1. The molecular formula is C23H23FN2O2S. The number of benzene rings is 2. The molecule has 1 saturated carbocycles. The summed E-state index contributed by atoms with van der Waals surface area (Å²) in [5.41, 5.74) is 1.73. The fraction of sp³-hybridized carbons (Fsp3) is 0.304. The molecule has 0 radical (unpaired) electrons. The molecule has 0 bridgehead atoms. The zero-order chi connectivity index (χ0) is 20.3. The van der Waals surface area contributed by atoms with Crippen LogP contribution in [0, 0.1) is 5.82 Å². The number of carbonyl (C=O) groups is 1. The number of aromatic nitrogens is 1. The van der Waals surface area contributed by atoms with Crippen LogP contribution >= 0.6 is 11.3 Å². The molecule has 4 nitrogen and oxygen atoms in total. The monoisotopic (exact) mass is 410 g/mol. The van der Waals surface area contributed by atoms with Crippen molar-refractivity contribution in [2.45, 2.75) is 43.7 Å². The van der Waals surface area contributed by atoms with Crippen LogP contribution in [0.15, 0.2) is 60.0 Å². The summed E-state index contributed by atoms with van der Waals surface area (Å²) in [7, 11) is 0. The molecule has 3 aromatic rings. The van der Waals surface area contributed by atoms with Gasteiger partial charge in [-0.25, -0.2) is 9.37 Å². The largest absolute Gasteiger partial charge is 0.385 e. The minimum Gasteiger partial charge on any atom is -0.385 e. The third-order valence-corrected chi connectivity index (χ3v) is 6.34. The van der Waals surface area contributed by atoms with E-state index in [0.29, 0.717) is 12.8 Å². The highest BCUT2D eigenvalue weighted by molar-refractivity contribution is 7.10. The summed E-state index contributed by atoms with van der Waals surface area (Å²) in [5.74, 6) is -0.338. The average molecular weight is 411 g/mol. The predicted octanol–water partition coefficient (Wildman–Crippen LogP) is 4.44. The molecule has 1 aliphatic rings. The lowest BCUT2D eigenvalue weighted by Gasteiger charge is -2.36. The molecule has 0 saturated heterocycles. The van der Waals surface area contributed by atoms with Crippen LogP contribution in [-0.2, 0) is 16.8 Å². The fourth-order valence-electron chi connectivity index (χ4n) is 3.84. The van der Waals surface area contributed by atoms with Gasteiger partial charge in [-0.3, -0.25) is 4.79 Å². The lowest BCUT2D eigenvalue weighted by molar-refractivity contribution is -0.121. The number of amides is 1. The van der Waals surface area contributed by atoms with Gasteiger partial charge in [-0.1, -0.05) is 30.3 Å². The third-order valence-electron chi connectivity index (χ3n) is 5.49. The molecule has 0 unspecified atom stereocenters. The smallest absolute Gasteiger partial charge is 0.227 e. The molecule has 0 atom stereocenters. The van der Waals surface area contributed by atoms with Crippen molar-refractivity contribution in [3.8, 4) is 11.3 Å². The highest BCUT2D eigenvalue weighted by Gasteiger charge is 2.35. The lowest BCUT2D eigenvalue weighted by atomic mass is 9.78. The van der Waals surface area contributed by atoms with E-state index in [0.717, 1.165) is 34.7 Å². The second-order valence-electron chi connectivity index (χ2n) is 7.55. The molecule has 150 valence electrons. The van der Waals surface area contributed by atoms with E-state index >= 15 is 0 Å². The van der Waals surface area contributed by atoms with Crippen molar-refractivity contribution in [3.63, 3.8) is 0 Å². The standard InChI is InChI=1S/C23H23FN2O2S/c24-18-8-6-16(7-9-18)20-15-29-22(26-20)14-21(27)25-19-10-12-23(28,13-11-19)17-4-2-1-3-5-17/h1-9,15,19,28H,10-14H2,(H,25,27). The van der Waals surface area contributed by atoms with E-state index in [4.69, 9.17) is 0 Å². The summed E-state index contributed by atoms with van der Waals surface area (Å²) in [6.45, 7) is 0. The molecule has 1 amide bonds. The Labute approximate surface area is 173 Å². The van der Waals surface area contributed by atoms with Gasteiger partial charge in [0.05, 0.1) is 17.7 Å². The Morgan fingerprint density at radius 1 is 1.14 bits per heavy atom. The van der Waals surface area contributed by atoms with Crippen LogP contribution in [0.1, 0.15) is 36.3 Å². The van der Waals surface area contributed by atoms with E-state index < -0.39 is 5.60 Å². The molecule has 4 rings (SSSR count). The summed E-state index contributed by atoms with van der Waals surface area (Å²) in [5, 5.41) is 16.6. The van der Waals surface area contributed by atoms with E-state index in [1.807, 2.05) is 35.7 Å². The van der Waals surface area contributed by atoms with Gasteiger partial charge in [0.2, 0.25) is 5.91 Å². The quantitative estimate of drug-likeness (QED) is 0.654. The van der Waals surface area contributed by atoms with Crippen LogP contribution in [0.2, 0.25) is 0 Å². The molecule has 2 N–H and O–H groups in total. The van der Waals surface area contributed by atoms with Gasteiger partial charge < -0.3 is 10.4 Å². The van der Waals surface area contributed by atoms with Gasteiger partial charge in [-0.15, -0.1) is 11.3 Å².